The molecule has 0 aliphatic heterocycles. The quantitative estimate of drug-likeness (QED) is 0.720. The van der Waals surface area contributed by atoms with E-state index in [1.54, 1.807) is 6.33 Å². The first-order valence-electron chi connectivity index (χ1n) is 5.73. The fourth-order valence-corrected chi connectivity index (χ4v) is 1.97. The zero-order valence-corrected chi connectivity index (χ0v) is 10.2. The Morgan fingerprint density at radius 3 is 2.83 bits per heavy atom. The Kier molecular flexibility index (Phi) is 2.44. The van der Waals surface area contributed by atoms with Crippen molar-refractivity contribution in [3.63, 3.8) is 0 Å². The molecule has 0 spiro atoms. The van der Waals surface area contributed by atoms with E-state index in [2.05, 4.69) is 25.5 Å². The Hall–Kier alpha value is -2.43. The molecule has 0 saturated heterocycles. The number of nitrogens with zero attached hydrogens (tertiary/aromatic N) is 3. The first kappa shape index (κ1) is 10.7. The molecule has 5 nitrogen and oxygen atoms in total. The van der Waals surface area contributed by atoms with Gasteiger partial charge in [0.15, 0.2) is 5.82 Å². The second kappa shape index (κ2) is 4.10. The van der Waals surface area contributed by atoms with E-state index in [1.165, 1.54) is 0 Å². The van der Waals surface area contributed by atoms with Gasteiger partial charge in [0, 0.05) is 12.6 Å². The number of rotatable bonds is 2. The van der Waals surface area contributed by atoms with Gasteiger partial charge in [0.2, 0.25) is 0 Å². The van der Waals surface area contributed by atoms with E-state index >= 15 is 0 Å². The maximum atomic E-state index is 4.22. The molecule has 3 aromatic rings. The molecule has 18 heavy (non-hydrogen) atoms. The SMILES string of the molecule is CNc1nnc(-c2ccc3nc[nH]c3c2)cc1C. The monoisotopic (exact) mass is 239 g/mol. The summed E-state index contributed by atoms with van der Waals surface area (Å²) in [6.45, 7) is 2.01. The van der Waals surface area contributed by atoms with Crippen molar-refractivity contribution in [3.8, 4) is 11.3 Å². The summed E-state index contributed by atoms with van der Waals surface area (Å²) >= 11 is 0. The zero-order valence-electron chi connectivity index (χ0n) is 10.2. The van der Waals surface area contributed by atoms with Crippen LogP contribution in [0, 0.1) is 6.92 Å². The van der Waals surface area contributed by atoms with Crippen LogP contribution < -0.4 is 5.32 Å². The summed E-state index contributed by atoms with van der Waals surface area (Å²) in [5.41, 5.74) is 4.93. The number of benzene rings is 1. The van der Waals surface area contributed by atoms with Gasteiger partial charge in [0.1, 0.15) is 0 Å². The van der Waals surface area contributed by atoms with Gasteiger partial charge in [-0.15, -0.1) is 10.2 Å². The lowest BCUT2D eigenvalue weighted by Crippen LogP contribution is -1.98. The molecule has 0 aliphatic carbocycles. The van der Waals surface area contributed by atoms with E-state index in [1.807, 2.05) is 38.2 Å². The minimum absolute atomic E-state index is 0.807. The third-order valence-electron chi connectivity index (χ3n) is 2.94. The molecule has 0 radical (unpaired) electrons. The lowest BCUT2D eigenvalue weighted by atomic mass is 10.1. The van der Waals surface area contributed by atoms with Gasteiger partial charge in [-0.25, -0.2) is 4.98 Å². The molecule has 5 heteroatoms. The van der Waals surface area contributed by atoms with Gasteiger partial charge in [0.05, 0.1) is 23.1 Å². The third-order valence-corrected chi connectivity index (χ3v) is 2.94. The van der Waals surface area contributed by atoms with E-state index in [4.69, 9.17) is 0 Å². The average Bonchev–Trinajstić information content (AvgIpc) is 2.85. The first-order chi connectivity index (χ1) is 8.78. The van der Waals surface area contributed by atoms with Crippen molar-refractivity contribution in [1.29, 1.82) is 0 Å². The van der Waals surface area contributed by atoms with Crippen molar-refractivity contribution in [2.24, 2.45) is 0 Å². The van der Waals surface area contributed by atoms with Crippen LogP contribution in [0.5, 0.6) is 0 Å². The molecule has 0 fully saturated rings. The highest BCUT2D eigenvalue weighted by Crippen LogP contribution is 2.22. The van der Waals surface area contributed by atoms with Gasteiger partial charge in [-0.1, -0.05) is 6.07 Å². The summed E-state index contributed by atoms with van der Waals surface area (Å²) in [6.07, 6.45) is 1.69. The summed E-state index contributed by atoms with van der Waals surface area (Å²) < 4.78 is 0. The highest BCUT2D eigenvalue weighted by atomic mass is 15.2. The van der Waals surface area contributed by atoms with Crippen molar-refractivity contribution in [3.05, 3.63) is 36.2 Å². The van der Waals surface area contributed by atoms with Crippen LogP contribution in [-0.4, -0.2) is 27.2 Å². The van der Waals surface area contributed by atoms with Crippen molar-refractivity contribution < 1.29 is 0 Å². The normalized spacial score (nSPS) is 10.8. The second-order valence-corrected chi connectivity index (χ2v) is 4.15. The number of aromatic nitrogens is 4. The van der Waals surface area contributed by atoms with E-state index in [-0.39, 0.29) is 0 Å². The third kappa shape index (κ3) is 1.69. The van der Waals surface area contributed by atoms with Crippen LogP contribution in [0.3, 0.4) is 0 Å². The number of hydrogen-bond acceptors (Lipinski definition) is 4. The fraction of sp³-hybridized carbons (Fsp3) is 0.154. The number of anilines is 1. The Balaban J connectivity index is 2.10. The molecule has 2 heterocycles. The van der Waals surface area contributed by atoms with Gasteiger partial charge < -0.3 is 10.3 Å². The summed E-state index contributed by atoms with van der Waals surface area (Å²) in [7, 11) is 1.84. The number of nitrogens with one attached hydrogen (secondary N) is 2. The molecule has 3 rings (SSSR count). The molecule has 1 aromatic carbocycles. The standard InChI is InChI=1S/C13H13N5/c1-8-5-11(17-18-13(8)14-2)9-3-4-10-12(6-9)16-7-15-10/h3-7H,1-2H3,(H,14,18)(H,15,16). The van der Waals surface area contributed by atoms with Gasteiger partial charge >= 0.3 is 0 Å². The summed E-state index contributed by atoms with van der Waals surface area (Å²) in [5.74, 6) is 0.807. The van der Waals surface area contributed by atoms with Crippen LogP contribution in [0.15, 0.2) is 30.6 Å². The van der Waals surface area contributed by atoms with E-state index in [9.17, 15) is 0 Å². The van der Waals surface area contributed by atoms with Crippen LogP contribution >= 0.6 is 0 Å². The van der Waals surface area contributed by atoms with Gasteiger partial charge in [-0.2, -0.15) is 0 Å². The van der Waals surface area contributed by atoms with Gasteiger partial charge in [-0.05, 0) is 30.7 Å². The largest absolute Gasteiger partial charge is 0.371 e. The molecule has 0 bridgehead atoms. The summed E-state index contributed by atoms with van der Waals surface area (Å²) in [4.78, 5) is 7.29. The Bertz CT molecular complexity index is 701. The van der Waals surface area contributed by atoms with Crippen LogP contribution in [-0.2, 0) is 0 Å². The van der Waals surface area contributed by atoms with Crippen molar-refractivity contribution >= 4 is 16.9 Å². The van der Waals surface area contributed by atoms with Crippen molar-refractivity contribution in [2.75, 3.05) is 12.4 Å². The number of imidazole rings is 1. The van der Waals surface area contributed by atoms with Gasteiger partial charge in [0.25, 0.3) is 0 Å². The number of aryl methyl sites for hydroxylation is 1. The molecule has 0 unspecified atom stereocenters. The smallest absolute Gasteiger partial charge is 0.151 e. The molecule has 0 aliphatic rings. The number of hydrogen-bond donors (Lipinski definition) is 2. The van der Waals surface area contributed by atoms with Gasteiger partial charge in [-0.3, -0.25) is 0 Å². The Morgan fingerprint density at radius 1 is 1.17 bits per heavy atom. The first-order valence-corrected chi connectivity index (χ1v) is 5.73. The summed E-state index contributed by atoms with van der Waals surface area (Å²) in [6, 6.07) is 8.04. The lowest BCUT2D eigenvalue weighted by molar-refractivity contribution is 1.02. The predicted molar refractivity (Wildman–Crippen MR) is 71.4 cm³/mol. The number of H-pyrrole nitrogens is 1. The minimum atomic E-state index is 0.807. The Morgan fingerprint density at radius 2 is 2.06 bits per heavy atom. The van der Waals surface area contributed by atoms with E-state index in [0.29, 0.717) is 0 Å². The summed E-state index contributed by atoms with van der Waals surface area (Å²) in [5, 5.41) is 11.4. The average molecular weight is 239 g/mol. The molecule has 0 saturated carbocycles. The van der Waals surface area contributed by atoms with Crippen LogP contribution in [0.1, 0.15) is 5.56 Å². The topological polar surface area (TPSA) is 66.5 Å². The zero-order chi connectivity index (χ0) is 12.5. The highest BCUT2D eigenvalue weighted by molar-refractivity contribution is 5.80. The lowest BCUT2D eigenvalue weighted by Gasteiger charge is -2.05. The van der Waals surface area contributed by atoms with Crippen LogP contribution in [0.4, 0.5) is 5.82 Å². The molecule has 0 amide bonds. The molecule has 2 N–H and O–H groups in total. The predicted octanol–water partition coefficient (Wildman–Crippen LogP) is 2.37. The van der Waals surface area contributed by atoms with Crippen LogP contribution in [0.25, 0.3) is 22.3 Å². The number of fused-ring (bicyclic) bond motifs is 1. The molecule has 2 aromatic heterocycles. The molecular formula is C13H13N5. The number of aromatic amines is 1. The molecular weight excluding hydrogens is 226 g/mol. The van der Waals surface area contributed by atoms with E-state index < -0.39 is 0 Å². The highest BCUT2D eigenvalue weighted by Gasteiger charge is 2.06. The van der Waals surface area contributed by atoms with E-state index in [0.717, 1.165) is 33.7 Å². The Labute approximate surface area is 104 Å². The van der Waals surface area contributed by atoms with Crippen molar-refractivity contribution in [1.82, 2.24) is 20.2 Å². The maximum absolute atomic E-state index is 4.22. The minimum Gasteiger partial charge on any atom is -0.371 e. The molecule has 0 atom stereocenters. The maximum Gasteiger partial charge on any atom is 0.151 e. The fourth-order valence-electron chi connectivity index (χ4n) is 1.97. The van der Waals surface area contributed by atoms with Crippen LogP contribution in [0.2, 0.25) is 0 Å². The molecule has 90 valence electrons. The second-order valence-electron chi connectivity index (χ2n) is 4.15. The van der Waals surface area contributed by atoms with Crippen molar-refractivity contribution in [2.45, 2.75) is 6.92 Å².